The van der Waals surface area contributed by atoms with Crippen molar-refractivity contribution in [3.05, 3.63) is 54.0 Å². The second-order valence-electron chi connectivity index (χ2n) is 3.36. The van der Waals surface area contributed by atoms with Gasteiger partial charge in [-0.15, -0.1) is 0 Å². The highest BCUT2D eigenvalue weighted by Crippen LogP contribution is 2.12. The molecule has 0 saturated carbocycles. The van der Waals surface area contributed by atoms with Crippen LogP contribution in [-0.2, 0) is 4.84 Å². The maximum Gasteiger partial charge on any atom is 0.365 e. The smallest absolute Gasteiger partial charge is 0.365 e. The third kappa shape index (κ3) is 2.98. The van der Waals surface area contributed by atoms with E-state index in [1.54, 1.807) is 43.5 Å². The first-order valence-corrected chi connectivity index (χ1v) is 5.22. The molecule has 0 aliphatic rings. The number of rotatable bonds is 4. The van der Waals surface area contributed by atoms with Gasteiger partial charge in [-0.05, 0) is 36.4 Å². The van der Waals surface area contributed by atoms with Gasteiger partial charge in [0.25, 0.3) is 0 Å². The van der Waals surface area contributed by atoms with Crippen molar-refractivity contribution < 1.29 is 18.8 Å². The van der Waals surface area contributed by atoms with Gasteiger partial charge in [0.2, 0.25) is 0 Å². The van der Waals surface area contributed by atoms with Crippen LogP contribution in [0, 0.1) is 0 Å². The Morgan fingerprint density at radius 1 is 1.28 bits per heavy atom. The summed E-state index contributed by atoms with van der Waals surface area (Å²) in [6.07, 6.45) is 2.83. The van der Waals surface area contributed by atoms with E-state index in [0.29, 0.717) is 17.1 Å². The Balaban J connectivity index is 1.95. The van der Waals surface area contributed by atoms with E-state index in [4.69, 9.17) is 14.0 Å². The van der Waals surface area contributed by atoms with Crippen LogP contribution in [0.15, 0.2) is 52.2 Å². The van der Waals surface area contributed by atoms with Crippen molar-refractivity contribution in [2.75, 3.05) is 7.11 Å². The van der Waals surface area contributed by atoms with Crippen LogP contribution < -0.4 is 4.74 Å². The highest BCUT2D eigenvalue weighted by Gasteiger charge is 2.06. The van der Waals surface area contributed by atoms with Gasteiger partial charge in [-0.25, -0.2) is 4.79 Å². The molecule has 5 nitrogen and oxygen atoms in total. The van der Waals surface area contributed by atoms with Crippen molar-refractivity contribution >= 4 is 12.2 Å². The summed E-state index contributed by atoms with van der Waals surface area (Å²) in [5, 5.41) is 3.53. The monoisotopic (exact) mass is 245 g/mol. The summed E-state index contributed by atoms with van der Waals surface area (Å²) >= 11 is 0. The molecule has 0 amide bonds. The average Bonchev–Trinajstić information content (AvgIpc) is 2.92. The summed E-state index contributed by atoms with van der Waals surface area (Å²) in [6, 6.07) is 9.96. The maximum atomic E-state index is 11.6. The predicted octanol–water partition coefficient (Wildman–Crippen LogP) is 2.48. The van der Waals surface area contributed by atoms with E-state index in [2.05, 4.69) is 5.16 Å². The SMILES string of the molecule is COc1ccc(C(=O)O/N=C\c2ccco2)cc1. The first-order chi connectivity index (χ1) is 8.79. The minimum Gasteiger partial charge on any atom is -0.497 e. The van der Waals surface area contributed by atoms with Crippen LogP contribution >= 0.6 is 0 Å². The van der Waals surface area contributed by atoms with E-state index >= 15 is 0 Å². The summed E-state index contributed by atoms with van der Waals surface area (Å²) in [6.45, 7) is 0. The lowest BCUT2D eigenvalue weighted by Crippen LogP contribution is -2.00. The molecule has 2 aromatic rings. The molecule has 18 heavy (non-hydrogen) atoms. The Morgan fingerprint density at radius 3 is 2.67 bits per heavy atom. The van der Waals surface area contributed by atoms with Crippen LogP contribution in [0.5, 0.6) is 5.75 Å². The molecule has 1 aromatic carbocycles. The molecule has 0 radical (unpaired) electrons. The van der Waals surface area contributed by atoms with Gasteiger partial charge >= 0.3 is 5.97 Å². The van der Waals surface area contributed by atoms with Gasteiger partial charge in [-0.2, -0.15) is 0 Å². The van der Waals surface area contributed by atoms with Crippen molar-refractivity contribution in [2.24, 2.45) is 5.16 Å². The number of furan rings is 1. The second-order valence-corrected chi connectivity index (χ2v) is 3.36. The first-order valence-electron chi connectivity index (χ1n) is 5.22. The van der Waals surface area contributed by atoms with Crippen LogP contribution in [0.25, 0.3) is 0 Å². The van der Waals surface area contributed by atoms with Gasteiger partial charge < -0.3 is 14.0 Å². The molecule has 0 fully saturated rings. The Kier molecular flexibility index (Phi) is 3.76. The van der Waals surface area contributed by atoms with E-state index in [1.165, 1.54) is 12.5 Å². The van der Waals surface area contributed by atoms with Crippen LogP contribution in [0.3, 0.4) is 0 Å². The first kappa shape index (κ1) is 11.9. The predicted molar refractivity (Wildman–Crippen MR) is 64.7 cm³/mol. The van der Waals surface area contributed by atoms with Crippen LogP contribution in [0.2, 0.25) is 0 Å². The molecule has 0 aliphatic heterocycles. The van der Waals surface area contributed by atoms with E-state index in [0.717, 1.165) is 0 Å². The average molecular weight is 245 g/mol. The Labute approximate surface area is 104 Å². The summed E-state index contributed by atoms with van der Waals surface area (Å²) in [4.78, 5) is 16.3. The minimum atomic E-state index is -0.541. The summed E-state index contributed by atoms with van der Waals surface area (Å²) in [7, 11) is 1.56. The highest BCUT2D eigenvalue weighted by atomic mass is 16.7. The third-order valence-electron chi connectivity index (χ3n) is 2.18. The molecule has 0 bridgehead atoms. The lowest BCUT2D eigenvalue weighted by atomic mass is 10.2. The highest BCUT2D eigenvalue weighted by molar-refractivity contribution is 5.90. The van der Waals surface area contributed by atoms with Crippen molar-refractivity contribution in [2.45, 2.75) is 0 Å². The van der Waals surface area contributed by atoms with Crippen LogP contribution in [0.4, 0.5) is 0 Å². The minimum absolute atomic E-state index is 0.396. The largest absolute Gasteiger partial charge is 0.497 e. The summed E-state index contributed by atoms with van der Waals surface area (Å²) in [5.74, 6) is 0.642. The van der Waals surface area contributed by atoms with Gasteiger partial charge in [0, 0.05) is 0 Å². The number of nitrogens with zero attached hydrogens (tertiary/aromatic N) is 1. The van der Waals surface area contributed by atoms with E-state index < -0.39 is 5.97 Å². The standard InChI is InChI=1S/C13H11NO4/c1-16-11-6-4-10(5-7-11)13(15)18-14-9-12-3-2-8-17-12/h2-9H,1H3/b14-9-. The molecular weight excluding hydrogens is 234 g/mol. The van der Waals surface area contributed by atoms with Crippen LogP contribution in [0.1, 0.15) is 16.1 Å². The zero-order chi connectivity index (χ0) is 12.8. The zero-order valence-corrected chi connectivity index (χ0v) is 9.70. The van der Waals surface area contributed by atoms with Gasteiger partial charge in [-0.1, -0.05) is 5.16 Å². The van der Waals surface area contributed by atoms with Crippen molar-refractivity contribution in [3.63, 3.8) is 0 Å². The van der Waals surface area contributed by atoms with E-state index in [9.17, 15) is 4.79 Å². The fourth-order valence-electron chi connectivity index (χ4n) is 1.27. The molecule has 2 rings (SSSR count). The van der Waals surface area contributed by atoms with Crippen molar-refractivity contribution in [1.29, 1.82) is 0 Å². The molecule has 0 atom stereocenters. The molecule has 1 aromatic heterocycles. The topological polar surface area (TPSA) is 61.0 Å². The number of carbonyl (C=O) groups is 1. The maximum absolute atomic E-state index is 11.6. The normalized spacial score (nSPS) is 10.5. The molecule has 92 valence electrons. The van der Waals surface area contributed by atoms with Gasteiger partial charge in [0.1, 0.15) is 17.7 Å². The number of ether oxygens (including phenoxy) is 1. The van der Waals surface area contributed by atoms with Crippen molar-refractivity contribution in [3.8, 4) is 5.75 Å². The molecule has 0 unspecified atom stereocenters. The lowest BCUT2D eigenvalue weighted by molar-refractivity contribution is 0.0519. The molecule has 0 saturated heterocycles. The summed E-state index contributed by atoms with van der Waals surface area (Å²) < 4.78 is 9.98. The van der Waals surface area contributed by atoms with E-state index in [-0.39, 0.29) is 0 Å². The van der Waals surface area contributed by atoms with Crippen LogP contribution in [-0.4, -0.2) is 19.3 Å². The number of carbonyl (C=O) groups excluding carboxylic acids is 1. The van der Waals surface area contributed by atoms with E-state index in [1.807, 2.05) is 0 Å². The molecule has 0 aliphatic carbocycles. The van der Waals surface area contributed by atoms with Gasteiger partial charge in [0.05, 0.1) is 18.9 Å². The number of benzene rings is 1. The molecular formula is C13H11NO4. The molecule has 1 heterocycles. The Bertz CT molecular complexity index is 529. The fraction of sp³-hybridized carbons (Fsp3) is 0.0769. The molecule has 0 N–H and O–H groups in total. The fourth-order valence-corrected chi connectivity index (χ4v) is 1.27. The lowest BCUT2D eigenvalue weighted by Gasteiger charge is -2.00. The summed E-state index contributed by atoms with van der Waals surface area (Å²) in [5.41, 5.74) is 0.396. The number of oxime groups is 1. The third-order valence-corrected chi connectivity index (χ3v) is 2.18. The zero-order valence-electron chi connectivity index (χ0n) is 9.70. The number of methoxy groups -OCH3 is 1. The molecule has 0 spiro atoms. The van der Waals surface area contributed by atoms with Crippen molar-refractivity contribution in [1.82, 2.24) is 0 Å². The Morgan fingerprint density at radius 2 is 2.06 bits per heavy atom. The van der Waals surface area contributed by atoms with Gasteiger partial charge in [-0.3, -0.25) is 0 Å². The quantitative estimate of drug-likeness (QED) is 0.471. The van der Waals surface area contributed by atoms with Gasteiger partial charge in [0.15, 0.2) is 0 Å². The number of hydrogen-bond donors (Lipinski definition) is 0. The number of hydrogen-bond acceptors (Lipinski definition) is 5. The Hall–Kier alpha value is -2.56. The molecule has 5 heteroatoms. The second kappa shape index (κ2) is 5.67.